The quantitative estimate of drug-likeness (QED) is 0.519. The van der Waals surface area contributed by atoms with E-state index in [1.54, 1.807) is 41.4 Å². The van der Waals surface area contributed by atoms with Crippen LogP contribution < -0.4 is 5.73 Å². The van der Waals surface area contributed by atoms with Gasteiger partial charge < -0.3 is 25.2 Å². The molecule has 0 radical (unpaired) electrons. The Morgan fingerprint density at radius 1 is 1.16 bits per heavy atom. The van der Waals surface area contributed by atoms with Gasteiger partial charge in [-0.1, -0.05) is 24.3 Å². The molecule has 0 fully saturated rings. The predicted octanol–water partition coefficient (Wildman–Crippen LogP) is 1.23. The van der Waals surface area contributed by atoms with E-state index in [4.69, 9.17) is 15.6 Å². The van der Waals surface area contributed by atoms with E-state index in [1.165, 1.54) is 13.2 Å². The lowest BCUT2D eigenvalue weighted by Crippen LogP contribution is -2.41. The van der Waals surface area contributed by atoms with Crippen LogP contribution in [-0.2, 0) is 41.7 Å². The van der Waals surface area contributed by atoms with Crippen molar-refractivity contribution in [2.24, 2.45) is 5.73 Å². The van der Waals surface area contributed by atoms with Crippen LogP contribution in [0.2, 0.25) is 0 Å². The Hall–Kier alpha value is -3.88. The van der Waals surface area contributed by atoms with Gasteiger partial charge >= 0.3 is 11.9 Å². The molecule has 2 aliphatic rings. The number of nitrogens with two attached hydrogens (primary N) is 1. The molecule has 0 aromatic heterocycles. The number of hydrogen-bond acceptors (Lipinski definition) is 7. The van der Waals surface area contributed by atoms with Gasteiger partial charge in [0.25, 0.3) is 0 Å². The maximum Gasteiger partial charge on any atom is 0.307 e. The Morgan fingerprint density at radius 2 is 1.84 bits per heavy atom. The molecule has 1 amide bonds. The van der Waals surface area contributed by atoms with Gasteiger partial charge in [-0.15, -0.1) is 0 Å². The van der Waals surface area contributed by atoms with E-state index >= 15 is 0 Å². The summed E-state index contributed by atoms with van der Waals surface area (Å²) in [5.41, 5.74) is 8.37. The number of ether oxygens (including phenoxy) is 2. The molecule has 1 atom stereocenters. The second-order valence-electron chi connectivity index (χ2n) is 7.47. The van der Waals surface area contributed by atoms with Crippen LogP contribution in [0.4, 0.5) is 0 Å². The lowest BCUT2D eigenvalue weighted by atomic mass is 10.00. The second-order valence-corrected chi connectivity index (χ2v) is 7.47. The molecule has 1 aliphatic carbocycles. The van der Waals surface area contributed by atoms with Crippen LogP contribution in [0.5, 0.6) is 0 Å². The fourth-order valence-electron chi connectivity index (χ4n) is 3.58. The number of rotatable bonds is 10. The minimum Gasteiger partial charge on any atom is -0.484 e. The summed E-state index contributed by atoms with van der Waals surface area (Å²) in [7, 11) is 1.28. The van der Waals surface area contributed by atoms with Crippen LogP contribution in [0.1, 0.15) is 24.0 Å². The largest absolute Gasteiger partial charge is 0.484 e. The summed E-state index contributed by atoms with van der Waals surface area (Å²) in [4.78, 5) is 48.4. The third-order valence-corrected chi connectivity index (χ3v) is 5.25. The first kappa shape index (κ1) is 22.8. The number of fused-ring (bicyclic) bond motifs is 1. The van der Waals surface area contributed by atoms with Gasteiger partial charge in [-0.2, -0.15) is 0 Å². The van der Waals surface area contributed by atoms with Crippen molar-refractivity contribution in [3.63, 3.8) is 0 Å². The molecule has 0 spiro atoms. The van der Waals surface area contributed by atoms with Crippen molar-refractivity contribution < 1.29 is 33.8 Å². The van der Waals surface area contributed by atoms with E-state index in [0.29, 0.717) is 11.1 Å². The smallest absolute Gasteiger partial charge is 0.307 e. The zero-order valence-corrected chi connectivity index (χ0v) is 17.6. The molecule has 0 saturated carbocycles. The maximum absolute atomic E-state index is 12.5. The first-order valence-electron chi connectivity index (χ1n) is 10.0. The number of carbonyl (C=O) groups is 4. The predicted molar refractivity (Wildman–Crippen MR) is 113 cm³/mol. The number of carboxylic acids is 1. The molecule has 168 valence electrons. The summed E-state index contributed by atoms with van der Waals surface area (Å²) in [6, 6.07) is 6.18. The minimum atomic E-state index is -0.911. The van der Waals surface area contributed by atoms with Crippen LogP contribution in [0.25, 0.3) is 0 Å². The molecule has 1 aromatic carbocycles. The van der Waals surface area contributed by atoms with Gasteiger partial charge in [-0.3, -0.25) is 19.2 Å². The molecule has 1 unspecified atom stereocenters. The molecule has 1 heterocycles. The minimum absolute atomic E-state index is 0.0405. The van der Waals surface area contributed by atoms with Gasteiger partial charge in [0.15, 0.2) is 5.76 Å². The fourth-order valence-corrected chi connectivity index (χ4v) is 3.58. The summed E-state index contributed by atoms with van der Waals surface area (Å²) >= 11 is 0. The number of aliphatic carboxylic acids is 1. The molecule has 0 saturated heterocycles. The summed E-state index contributed by atoms with van der Waals surface area (Å²) < 4.78 is 10.5. The zero-order valence-electron chi connectivity index (χ0n) is 17.6. The third kappa shape index (κ3) is 5.42. The Bertz CT molecular complexity index is 1020. The van der Waals surface area contributed by atoms with E-state index in [2.05, 4.69) is 4.74 Å². The maximum atomic E-state index is 12.5. The monoisotopic (exact) mass is 440 g/mol. The Morgan fingerprint density at radius 3 is 2.47 bits per heavy atom. The average Bonchev–Trinajstić information content (AvgIpc) is 3.17. The van der Waals surface area contributed by atoms with Crippen molar-refractivity contribution in [3.8, 4) is 0 Å². The van der Waals surface area contributed by atoms with Gasteiger partial charge in [0.2, 0.25) is 11.7 Å². The van der Waals surface area contributed by atoms with Gasteiger partial charge in [0, 0.05) is 24.7 Å². The highest BCUT2D eigenvalue weighted by Crippen LogP contribution is 2.32. The van der Waals surface area contributed by atoms with Crippen LogP contribution in [0.3, 0.4) is 0 Å². The third-order valence-electron chi connectivity index (χ3n) is 5.25. The highest BCUT2D eigenvalue weighted by molar-refractivity contribution is 6.05. The number of methoxy groups -OCH3 is 1. The Labute approximate surface area is 184 Å². The Kier molecular flexibility index (Phi) is 7.09. The van der Waals surface area contributed by atoms with E-state index in [-0.39, 0.29) is 44.0 Å². The fraction of sp³-hybridized carbons (Fsp3) is 0.304. The molecule has 9 nitrogen and oxygen atoms in total. The van der Waals surface area contributed by atoms with E-state index in [1.807, 2.05) is 0 Å². The number of nitrogens with zero attached hydrogens (tertiary/aromatic N) is 1. The molecule has 32 heavy (non-hydrogen) atoms. The van der Waals surface area contributed by atoms with Gasteiger partial charge in [0.1, 0.15) is 12.6 Å². The topological polar surface area (TPSA) is 136 Å². The number of amides is 1. The van der Waals surface area contributed by atoms with Crippen molar-refractivity contribution in [3.05, 3.63) is 70.6 Å². The van der Waals surface area contributed by atoms with Gasteiger partial charge in [-0.25, -0.2) is 0 Å². The van der Waals surface area contributed by atoms with E-state index < -0.39 is 23.9 Å². The summed E-state index contributed by atoms with van der Waals surface area (Å²) in [6.07, 6.45) is 4.95. The number of esters is 1. The van der Waals surface area contributed by atoms with Crippen molar-refractivity contribution >= 4 is 23.6 Å². The van der Waals surface area contributed by atoms with Crippen LogP contribution in [0, 0.1) is 0 Å². The molecule has 3 rings (SSSR count). The summed E-state index contributed by atoms with van der Waals surface area (Å²) in [6.45, 7) is 0.369. The molecule has 0 bridgehead atoms. The number of hydrogen-bond donors (Lipinski definition) is 2. The molecular weight excluding hydrogens is 416 g/mol. The highest BCUT2D eigenvalue weighted by Gasteiger charge is 2.33. The lowest BCUT2D eigenvalue weighted by molar-refractivity contribution is -0.141. The summed E-state index contributed by atoms with van der Waals surface area (Å²) in [5.74, 6) is -2.03. The molecule has 3 N–H and O–H groups in total. The number of carboxylic acid groups (broad SMARTS) is 1. The Balaban J connectivity index is 1.72. The van der Waals surface area contributed by atoms with E-state index in [0.717, 1.165) is 11.1 Å². The number of carbonyl (C=O) groups excluding carboxylic acids is 3. The summed E-state index contributed by atoms with van der Waals surface area (Å²) in [5, 5.41) is 8.86. The molecule has 9 heteroatoms. The van der Waals surface area contributed by atoms with Crippen LogP contribution >= 0.6 is 0 Å². The second kappa shape index (κ2) is 9.95. The van der Waals surface area contributed by atoms with Crippen molar-refractivity contribution in [1.82, 2.24) is 4.90 Å². The number of ketones is 1. The van der Waals surface area contributed by atoms with Crippen LogP contribution in [0.15, 0.2) is 59.5 Å². The van der Waals surface area contributed by atoms with Gasteiger partial charge in [0.05, 0.1) is 13.5 Å². The number of benzene rings is 1. The van der Waals surface area contributed by atoms with Crippen molar-refractivity contribution in [2.75, 3.05) is 13.7 Å². The zero-order chi connectivity index (χ0) is 23.3. The standard InChI is InChI=1S/C23H24N2O7/c1-31-21(29)9-7-18(23(24)30)25-11-16-6-8-19(26)22(17(16)12-25)32-13-15-4-2-14(3-5-15)10-20(27)28/h2-6,8,11,18H,7,9-10,12-13H2,1H3,(H2,24,30)(H,27,28). The normalized spacial score (nSPS) is 15.8. The first-order chi connectivity index (χ1) is 15.3. The van der Waals surface area contributed by atoms with Gasteiger partial charge in [-0.05, 0) is 35.3 Å². The van der Waals surface area contributed by atoms with Crippen molar-refractivity contribution in [2.45, 2.75) is 31.9 Å². The van der Waals surface area contributed by atoms with E-state index in [9.17, 15) is 19.2 Å². The SMILES string of the molecule is COC(=O)CCC(C(N)=O)N1C=C2C=CC(=O)C(OCc3ccc(CC(=O)O)cc3)=C2C1. The highest BCUT2D eigenvalue weighted by atomic mass is 16.5. The molecular formula is C23H24N2O7. The average molecular weight is 440 g/mol. The molecule has 1 aromatic rings. The molecule has 1 aliphatic heterocycles. The number of allylic oxidation sites excluding steroid dienone is 2. The lowest BCUT2D eigenvalue weighted by Gasteiger charge is -2.25. The first-order valence-corrected chi connectivity index (χ1v) is 10.0. The van der Waals surface area contributed by atoms with Crippen LogP contribution in [-0.4, -0.2) is 53.3 Å². The number of primary amides is 1. The van der Waals surface area contributed by atoms with Crippen molar-refractivity contribution in [1.29, 1.82) is 0 Å².